The van der Waals surface area contributed by atoms with E-state index in [-0.39, 0.29) is 11.4 Å². The van der Waals surface area contributed by atoms with E-state index in [1.54, 1.807) is 18.2 Å². The van der Waals surface area contributed by atoms with Crippen molar-refractivity contribution in [3.8, 4) is 5.69 Å². The second-order valence-corrected chi connectivity index (χ2v) is 6.23. The molecule has 2 aromatic rings. The van der Waals surface area contributed by atoms with E-state index in [4.69, 9.17) is 0 Å². The highest BCUT2D eigenvalue weighted by molar-refractivity contribution is 7.99. The van der Waals surface area contributed by atoms with Crippen molar-refractivity contribution < 1.29 is 4.39 Å². The minimum absolute atomic E-state index is 0.0677. The van der Waals surface area contributed by atoms with Gasteiger partial charge in [-0.2, -0.15) is 0 Å². The summed E-state index contributed by atoms with van der Waals surface area (Å²) in [6, 6.07) is 6.09. The summed E-state index contributed by atoms with van der Waals surface area (Å²) in [6.07, 6.45) is 5.44. The minimum Gasteiger partial charge on any atom is -0.269 e. The van der Waals surface area contributed by atoms with Crippen molar-refractivity contribution in [2.45, 2.75) is 30.8 Å². The number of fused-ring (bicyclic) bond motifs is 1. The zero-order valence-corrected chi connectivity index (χ0v) is 13.0. The van der Waals surface area contributed by atoms with E-state index in [9.17, 15) is 9.18 Å². The summed E-state index contributed by atoms with van der Waals surface area (Å²) in [7, 11) is 0. The van der Waals surface area contributed by atoms with Gasteiger partial charge in [0, 0.05) is 11.3 Å². The Morgan fingerprint density at radius 3 is 2.95 bits per heavy atom. The van der Waals surface area contributed by atoms with Gasteiger partial charge in [-0.1, -0.05) is 23.9 Å². The molecular formula is C17H17FN2OS. The average Bonchev–Trinajstić information content (AvgIpc) is 2.53. The van der Waals surface area contributed by atoms with E-state index in [0.717, 1.165) is 36.9 Å². The van der Waals surface area contributed by atoms with Crippen molar-refractivity contribution in [2.24, 2.45) is 0 Å². The van der Waals surface area contributed by atoms with Crippen LogP contribution in [0.4, 0.5) is 4.39 Å². The van der Waals surface area contributed by atoms with Crippen LogP contribution in [-0.2, 0) is 12.8 Å². The van der Waals surface area contributed by atoms with Crippen molar-refractivity contribution in [1.29, 1.82) is 0 Å². The smallest absolute Gasteiger partial charge is 0.262 e. The normalized spacial score (nSPS) is 13.7. The van der Waals surface area contributed by atoms with Gasteiger partial charge in [-0.15, -0.1) is 6.58 Å². The van der Waals surface area contributed by atoms with Crippen LogP contribution in [0.25, 0.3) is 5.69 Å². The molecule has 5 heteroatoms. The maximum absolute atomic E-state index is 13.5. The van der Waals surface area contributed by atoms with Crippen LogP contribution in [0, 0.1) is 5.82 Å². The van der Waals surface area contributed by atoms with Crippen LogP contribution >= 0.6 is 11.8 Å². The first-order valence-corrected chi connectivity index (χ1v) is 8.33. The number of aromatic nitrogens is 2. The topological polar surface area (TPSA) is 34.9 Å². The van der Waals surface area contributed by atoms with Gasteiger partial charge in [0.25, 0.3) is 5.56 Å². The van der Waals surface area contributed by atoms with E-state index >= 15 is 0 Å². The number of hydrogen-bond acceptors (Lipinski definition) is 3. The fraction of sp³-hybridized carbons (Fsp3) is 0.294. The van der Waals surface area contributed by atoms with Crippen molar-refractivity contribution >= 4 is 11.8 Å². The zero-order valence-electron chi connectivity index (χ0n) is 12.2. The number of rotatable bonds is 4. The van der Waals surface area contributed by atoms with Crippen LogP contribution in [0.2, 0.25) is 0 Å². The molecule has 0 bridgehead atoms. The number of thioether (sulfide) groups is 1. The van der Waals surface area contributed by atoms with Crippen LogP contribution in [0.1, 0.15) is 24.1 Å². The Morgan fingerprint density at radius 1 is 1.36 bits per heavy atom. The Labute approximate surface area is 132 Å². The summed E-state index contributed by atoms with van der Waals surface area (Å²) in [4.78, 5) is 17.5. The monoisotopic (exact) mass is 316 g/mol. The van der Waals surface area contributed by atoms with E-state index in [1.807, 2.05) is 0 Å². The van der Waals surface area contributed by atoms with Gasteiger partial charge >= 0.3 is 0 Å². The minimum atomic E-state index is -0.359. The van der Waals surface area contributed by atoms with Crippen molar-refractivity contribution in [1.82, 2.24) is 9.55 Å². The highest BCUT2D eigenvalue weighted by Crippen LogP contribution is 2.24. The largest absolute Gasteiger partial charge is 0.269 e. The Bertz CT molecular complexity index is 770. The van der Waals surface area contributed by atoms with E-state index in [2.05, 4.69) is 11.6 Å². The quantitative estimate of drug-likeness (QED) is 0.492. The molecule has 22 heavy (non-hydrogen) atoms. The molecule has 114 valence electrons. The molecule has 1 aromatic heterocycles. The molecule has 0 amide bonds. The molecule has 1 aliphatic carbocycles. The third-order valence-corrected chi connectivity index (χ3v) is 4.65. The molecule has 1 heterocycles. The summed E-state index contributed by atoms with van der Waals surface area (Å²) < 4.78 is 15.1. The standard InChI is InChI=1S/C17H17FN2OS/c1-2-10-22-17-19-15-9-4-3-8-14(15)16(21)20(17)13-7-5-6-12(18)11-13/h2,5-7,11H,1,3-4,8-10H2. The molecule has 1 aromatic carbocycles. The highest BCUT2D eigenvalue weighted by Gasteiger charge is 2.20. The van der Waals surface area contributed by atoms with Crippen LogP contribution in [0.3, 0.4) is 0 Å². The molecule has 3 nitrogen and oxygen atoms in total. The lowest BCUT2D eigenvalue weighted by Crippen LogP contribution is -2.29. The van der Waals surface area contributed by atoms with Crippen LogP contribution in [-0.4, -0.2) is 15.3 Å². The van der Waals surface area contributed by atoms with Gasteiger partial charge in [-0.25, -0.2) is 9.37 Å². The molecule has 0 saturated carbocycles. The van der Waals surface area contributed by atoms with Gasteiger partial charge in [0.2, 0.25) is 0 Å². The second-order valence-electron chi connectivity index (χ2n) is 5.25. The first-order valence-electron chi connectivity index (χ1n) is 7.35. The number of nitrogens with zero attached hydrogens (tertiary/aromatic N) is 2. The molecule has 0 N–H and O–H groups in total. The summed E-state index contributed by atoms with van der Waals surface area (Å²) in [5.74, 6) is 0.294. The number of aryl methyl sites for hydroxylation is 1. The van der Waals surface area contributed by atoms with Gasteiger partial charge in [-0.3, -0.25) is 9.36 Å². The van der Waals surface area contributed by atoms with Crippen molar-refractivity contribution in [3.63, 3.8) is 0 Å². The van der Waals surface area contributed by atoms with Gasteiger partial charge in [0.15, 0.2) is 5.16 Å². The number of hydrogen-bond donors (Lipinski definition) is 0. The molecule has 0 atom stereocenters. The Balaban J connectivity index is 2.21. The molecule has 0 fully saturated rings. The summed E-state index contributed by atoms with van der Waals surface area (Å²) in [5, 5.41) is 0.608. The first kappa shape index (κ1) is 15.0. The first-order chi connectivity index (χ1) is 10.7. The van der Waals surface area contributed by atoms with Gasteiger partial charge in [0.05, 0.1) is 11.4 Å². The highest BCUT2D eigenvalue weighted by atomic mass is 32.2. The number of halogens is 1. The molecular weight excluding hydrogens is 299 g/mol. The summed E-state index contributed by atoms with van der Waals surface area (Å²) in [5.41, 5.74) is 2.13. The SMILES string of the molecule is C=CCSc1nc2c(c(=O)n1-c1cccc(F)c1)CCCC2. The van der Waals surface area contributed by atoms with Gasteiger partial charge in [0.1, 0.15) is 5.82 Å². The van der Waals surface area contributed by atoms with Gasteiger partial charge < -0.3 is 0 Å². The maximum Gasteiger partial charge on any atom is 0.262 e. The van der Waals surface area contributed by atoms with E-state index in [0.29, 0.717) is 16.6 Å². The van der Waals surface area contributed by atoms with Gasteiger partial charge in [-0.05, 0) is 43.9 Å². The van der Waals surface area contributed by atoms with Crippen molar-refractivity contribution in [3.05, 3.63) is 64.3 Å². The average molecular weight is 316 g/mol. The summed E-state index contributed by atoms with van der Waals surface area (Å²) >= 11 is 1.45. The van der Waals surface area contributed by atoms with E-state index in [1.165, 1.54) is 28.5 Å². The lowest BCUT2D eigenvalue weighted by Gasteiger charge is -2.19. The molecule has 0 unspecified atom stereocenters. The fourth-order valence-corrected chi connectivity index (χ4v) is 3.46. The fourth-order valence-electron chi connectivity index (χ4n) is 2.70. The molecule has 1 aliphatic rings. The molecule has 3 rings (SSSR count). The Morgan fingerprint density at radius 2 is 2.18 bits per heavy atom. The maximum atomic E-state index is 13.5. The lowest BCUT2D eigenvalue weighted by molar-refractivity contribution is 0.613. The van der Waals surface area contributed by atoms with Crippen molar-refractivity contribution in [2.75, 3.05) is 5.75 Å². The summed E-state index contributed by atoms with van der Waals surface area (Å²) in [6.45, 7) is 3.71. The number of benzene rings is 1. The molecule has 0 aliphatic heterocycles. The molecule has 0 radical (unpaired) electrons. The van der Waals surface area contributed by atoms with Crippen LogP contribution in [0.5, 0.6) is 0 Å². The Hall–Kier alpha value is -1.88. The lowest BCUT2D eigenvalue weighted by atomic mass is 9.97. The van der Waals surface area contributed by atoms with Crippen LogP contribution in [0.15, 0.2) is 46.9 Å². The second kappa shape index (κ2) is 6.48. The van der Waals surface area contributed by atoms with E-state index < -0.39 is 0 Å². The van der Waals surface area contributed by atoms with Crippen LogP contribution < -0.4 is 5.56 Å². The predicted octanol–water partition coefficient (Wildman–Crippen LogP) is 3.53. The zero-order chi connectivity index (χ0) is 15.5. The Kier molecular flexibility index (Phi) is 4.43. The molecule has 0 saturated heterocycles. The molecule has 0 spiro atoms. The predicted molar refractivity (Wildman–Crippen MR) is 87.4 cm³/mol. The third kappa shape index (κ3) is 2.86. The third-order valence-electron chi connectivity index (χ3n) is 3.72.